The maximum absolute atomic E-state index is 12.3. The van der Waals surface area contributed by atoms with Gasteiger partial charge in [0, 0.05) is 43.8 Å². The van der Waals surface area contributed by atoms with E-state index in [-0.39, 0.29) is 37.3 Å². The van der Waals surface area contributed by atoms with Crippen molar-refractivity contribution in [2.24, 2.45) is 0 Å². The molecule has 0 spiro atoms. The lowest BCUT2D eigenvalue weighted by Crippen LogP contribution is -2.57. The fraction of sp³-hybridized carbons (Fsp3) is 0.429. The van der Waals surface area contributed by atoms with E-state index >= 15 is 0 Å². The van der Waals surface area contributed by atoms with Crippen LogP contribution in [0.25, 0.3) is 0 Å². The first kappa shape index (κ1) is 15.9. The second-order valence-electron chi connectivity index (χ2n) is 5.21. The van der Waals surface area contributed by atoms with E-state index in [4.69, 9.17) is 4.74 Å². The van der Waals surface area contributed by atoms with Crippen molar-refractivity contribution in [1.29, 1.82) is 0 Å². The summed E-state index contributed by atoms with van der Waals surface area (Å²) in [6, 6.07) is 3.84. The van der Waals surface area contributed by atoms with Crippen molar-refractivity contribution in [3.63, 3.8) is 0 Å². The van der Waals surface area contributed by atoms with Crippen molar-refractivity contribution in [2.45, 2.75) is 25.3 Å². The highest BCUT2D eigenvalue weighted by Crippen LogP contribution is 2.23. The summed E-state index contributed by atoms with van der Waals surface area (Å²) in [5, 5.41) is 22.7. The van der Waals surface area contributed by atoms with Gasteiger partial charge in [-0.3, -0.25) is 14.9 Å². The number of amides is 1. The SMILES string of the molecule is Cc1cc([N+](=O)[O-])ccc1C(=O)NC1(C(=O)O)CCOCC1. The van der Waals surface area contributed by atoms with Gasteiger partial charge >= 0.3 is 5.97 Å². The van der Waals surface area contributed by atoms with Gasteiger partial charge in [0.2, 0.25) is 0 Å². The number of nitro groups is 1. The quantitative estimate of drug-likeness (QED) is 0.638. The molecule has 0 radical (unpaired) electrons. The lowest BCUT2D eigenvalue weighted by molar-refractivity contribution is -0.384. The average molecular weight is 308 g/mol. The number of non-ortho nitro benzene ring substituents is 1. The third-order valence-electron chi connectivity index (χ3n) is 3.77. The number of nitrogens with one attached hydrogen (secondary N) is 1. The van der Waals surface area contributed by atoms with E-state index < -0.39 is 22.3 Å². The van der Waals surface area contributed by atoms with Crippen molar-refractivity contribution in [2.75, 3.05) is 13.2 Å². The first-order valence-corrected chi connectivity index (χ1v) is 6.74. The predicted molar refractivity (Wildman–Crippen MR) is 75.7 cm³/mol. The van der Waals surface area contributed by atoms with Gasteiger partial charge in [-0.15, -0.1) is 0 Å². The normalized spacial score (nSPS) is 16.8. The van der Waals surface area contributed by atoms with Crippen molar-refractivity contribution in [3.05, 3.63) is 39.4 Å². The average Bonchev–Trinajstić information content (AvgIpc) is 2.47. The van der Waals surface area contributed by atoms with Gasteiger partial charge in [-0.25, -0.2) is 4.79 Å². The fourth-order valence-electron chi connectivity index (χ4n) is 2.41. The first-order chi connectivity index (χ1) is 10.4. The molecule has 0 atom stereocenters. The molecule has 2 N–H and O–H groups in total. The number of carboxylic acid groups (broad SMARTS) is 1. The molecule has 1 aromatic rings. The molecule has 1 amide bonds. The topological polar surface area (TPSA) is 119 Å². The van der Waals surface area contributed by atoms with Gasteiger partial charge in [0.25, 0.3) is 11.6 Å². The van der Waals surface area contributed by atoms with Crippen LogP contribution in [0.2, 0.25) is 0 Å². The monoisotopic (exact) mass is 308 g/mol. The van der Waals surface area contributed by atoms with Gasteiger partial charge in [-0.2, -0.15) is 0 Å². The number of ether oxygens (including phenoxy) is 1. The molecule has 1 heterocycles. The molecular formula is C14H16N2O6. The number of hydrogen-bond acceptors (Lipinski definition) is 5. The maximum Gasteiger partial charge on any atom is 0.329 e. The number of aliphatic carboxylic acids is 1. The van der Waals surface area contributed by atoms with Crippen LogP contribution in [0.5, 0.6) is 0 Å². The molecule has 118 valence electrons. The molecule has 0 unspecified atom stereocenters. The molecule has 22 heavy (non-hydrogen) atoms. The molecule has 1 aromatic carbocycles. The summed E-state index contributed by atoms with van der Waals surface area (Å²) in [4.78, 5) is 34.0. The van der Waals surface area contributed by atoms with Gasteiger partial charge in [0.1, 0.15) is 5.54 Å². The van der Waals surface area contributed by atoms with Crippen LogP contribution in [0.4, 0.5) is 5.69 Å². The van der Waals surface area contributed by atoms with Crippen LogP contribution in [0.15, 0.2) is 18.2 Å². The lowest BCUT2D eigenvalue weighted by atomic mass is 9.89. The molecule has 1 fully saturated rings. The van der Waals surface area contributed by atoms with E-state index in [1.165, 1.54) is 18.2 Å². The highest BCUT2D eigenvalue weighted by atomic mass is 16.6. The van der Waals surface area contributed by atoms with Crippen LogP contribution in [0, 0.1) is 17.0 Å². The number of hydrogen-bond donors (Lipinski definition) is 2. The number of carbonyl (C=O) groups excluding carboxylic acids is 1. The zero-order chi connectivity index (χ0) is 16.3. The Morgan fingerprint density at radius 1 is 1.36 bits per heavy atom. The molecule has 8 nitrogen and oxygen atoms in total. The summed E-state index contributed by atoms with van der Waals surface area (Å²) < 4.78 is 5.14. The fourth-order valence-corrected chi connectivity index (χ4v) is 2.41. The smallest absolute Gasteiger partial charge is 0.329 e. The van der Waals surface area contributed by atoms with Crippen LogP contribution < -0.4 is 5.32 Å². The van der Waals surface area contributed by atoms with E-state index in [1.807, 2.05) is 0 Å². The highest BCUT2D eigenvalue weighted by molar-refractivity contribution is 5.99. The standard InChI is InChI=1S/C14H16N2O6/c1-9-8-10(16(20)21)2-3-11(9)12(17)15-14(13(18)19)4-6-22-7-5-14/h2-3,8H,4-7H2,1H3,(H,15,17)(H,18,19). The Morgan fingerprint density at radius 2 is 2.00 bits per heavy atom. The molecular weight excluding hydrogens is 292 g/mol. The van der Waals surface area contributed by atoms with E-state index in [2.05, 4.69) is 5.32 Å². The van der Waals surface area contributed by atoms with E-state index in [0.29, 0.717) is 5.56 Å². The second-order valence-corrected chi connectivity index (χ2v) is 5.21. The molecule has 1 aliphatic rings. The van der Waals surface area contributed by atoms with Crippen LogP contribution >= 0.6 is 0 Å². The largest absolute Gasteiger partial charge is 0.480 e. The van der Waals surface area contributed by atoms with E-state index in [1.54, 1.807) is 6.92 Å². The van der Waals surface area contributed by atoms with Gasteiger partial charge in [0.05, 0.1) is 4.92 Å². The van der Waals surface area contributed by atoms with E-state index in [9.17, 15) is 24.8 Å². The third kappa shape index (κ3) is 3.06. The Bertz CT molecular complexity index is 622. The number of nitro benzene ring substituents is 1. The van der Waals surface area contributed by atoms with Gasteiger partial charge in [-0.05, 0) is 18.6 Å². The Balaban J connectivity index is 2.24. The number of benzene rings is 1. The van der Waals surface area contributed by atoms with Crippen molar-refractivity contribution >= 4 is 17.6 Å². The summed E-state index contributed by atoms with van der Waals surface area (Å²) in [5.74, 6) is -1.67. The summed E-state index contributed by atoms with van der Waals surface area (Å²) >= 11 is 0. The Hall–Kier alpha value is -2.48. The first-order valence-electron chi connectivity index (χ1n) is 6.74. The number of aryl methyl sites for hydroxylation is 1. The molecule has 8 heteroatoms. The molecule has 0 aliphatic carbocycles. The molecule has 0 bridgehead atoms. The molecule has 1 aliphatic heterocycles. The second kappa shape index (κ2) is 6.10. The van der Waals surface area contributed by atoms with Gasteiger partial charge < -0.3 is 15.2 Å². The summed E-state index contributed by atoms with van der Waals surface area (Å²) in [6.07, 6.45) is 0.361. The van der Waals surface area contributed by atoms with Crippen molar-refractivity contribution < 1.29 is 24.4 Å². The zero-order valence-corrected chi connectivity index (χ0v) is 12.0. The number of rotatable bonds is 4. The van der Waals surface area contributed by atoms with Crippen LogP contribution in [0.1, 0.15) is 28.8 Å². The number of carbonyl (C=O) groups is 2. The third-order valence-corrected chi connectivity index (χ3v) is 3.77. The summed E-state index contributed by atoms with van der Waals surface area (Å²) in [7, 11) is 0. The Kier molecular flexibility index (Phi) is 4.41. The van der Waals surface area contributed by atoms with Crippen LogP contribution in [-0.4, -0.2) is 40.7 Å². The Labute approximate surface area is 126 Å². The molecule has 0 aromatic heterocycles. The number of carboxylic acids is 1. The van der Waals surface area contributed by atoms with Crippen molar-refractivity contribution in [3.8, 4) is 0 Å². The summed E-state index contributed by atoms with van der Waals surface area (Å²) in [6.45, 7) is 2.08. The molecule has 1 saturated heterocycles. The van der Waals surface area contributed by atoms with Crippen LogP contribution in [-0.2, 0) is 9.53 Å². The van der Waals surface area contributed by atoms with E-state index in [0.717, 1.165) is 0 Å². The lowest BCUT2D eigenvalue weighted by Gasteiger charge is -2.34. The predicted octanol–water partition coefficient (Wildman–Crippen LogP) is 1.27. The zero-order valence-electron chi connectivity index (χ0n) is 12.0. The maximum atomic E-state index is 12.3. The molecule has 2 rings (SSSR count). The van der Waals surface area contributed by atoms with Crippen LogP contribution in [0.3, 0.4) is 0 Å². The highest BCUT2D eigenvalue weighted by Gasteiger charge is 2.41. The van der Waals surface area contributed by atoms with Crippen molar-refractivity contribution in [1.82, 2.24) is 5.32 Å². The minimum absolute atomic E-state index is 0.118. The minimum atomic E-state index is -1.36. The molecule has 0 saturated carbocycles. The minimum Gasteiger partial charge on any atom is -0.480 e. The van der Waals surface area contributed by atoms with Gasteiger partial charge in [0.15, 0.2) is 0 Å². The summed E-state index contributed by atoms with van der Waals surface area (Å²) in [5.41, 5.74) is -0.839. The number of nitrogens with zero attached hydrogens (tertiary/aromatic N) is 1. The van der Waals surface area contributed by atoms with Gasteiger partial charge in [-0.1, -0.05) is 0 Å². The Morgan fingerprint density at radius 3 is 2.50 bits per heavy atom.